The summed E-state index contributed by atoms with van der Waals surface area (Å²) in [5.41, 5.74) is 1.94. The lowest BCUT2D eigenvalue weighted by Gasteiger charge is -2.46. The number of aromatic nitrogens is 2. The van der Waals surface area contributed by atoms with Crippen LogP contribution in [-0.2, 0) is 16.6 Å². The number of carbonyl (C=O) groups is 1. The first-order valence-electron chi connectivity index (χ1n) is 9.63. The molecule has 1 aromatic heterocycles. The quantitative estimate of drug-likeness (QED) is 0.901. The predicted molar refractivity (Wildman–Crippen MR) is 103 cm³/mol. The van der Waals surface area contributed by atoms with E-state index >= 15 is 0 Å². The average Bonchev–Trinajstić information content (AvgIpc) is 3.30. The molecule has 6 heteroatoms. The predicted octanol–water partition coefficient (Wildman–Crippen LogP) is 2.10. The van der Waals surface area contributed by atoms with Gasteiger partial charge in [0.25, 0.3) is 0 Å². The van der Waals surface area contributed by atoms with Crippen LogP contribution in [0.1, 0.15) is 37.0 Å². The van der Waals surface area contributed by atoms with Gasteiger partial charge in [0.1, 0.15) is 6.10 Å². The number of hydrogen-bond donors (Lipinski definition) is 1. The third-order valence-electron chi connectivity index (χ3n) is 5.84. The zero-order valence-corrected chi connectivity index (χ0v) is 16.3. The summed E-state index contributed by atoms with van der Waals surface area (Å²) in [5, 5.41) is 7.70. The number of hydrogen-bond acceptors (Lipinski definition) is 4. The van der Waals surface area contributed by atoms with Gasteiger partial charge in [-0.05, 0) is 25.0 Å². The summed E-state index contributed by atoms with van der Waals surface area (Å²) in [4.78, 5) is 15.6. The normalized spacial score (nSPS) is 27.7. The Balaban J connectivity index is 1.56. The minimum Gasteiger partial charge on any atom is -0.369 e. The highest BCUT2D eigenvalue weighted by Gasteiger charge is 2.44. The standard InChI is InChI=1S/C21H28N4O2/c1-21(2)14-27-19(15-7-5-4-6-8-15)13-25(21)20(26)18-11-22-10-17(18)16-9-23-24(3)12-16/h4-9,12,17-19,22H,10-11,13-14H2,1-3H3/t17-,18+,19?/m1/s1. The van der Waals surface area contributed by atoms with Crippen LogP contribution < -0.4 is 5.32 Å². The summed E-state index contributed by atoms with van der Waals surface area (Å²) < 4.78 is 7.92. The number of rotatable bonds is 3. The first kappa shape index (κ1) is 18.2. The molecule has 2 saturated heterocycles. The van der Waals surface area contributed by atoms with Crippen LogP contribution in [0.5, 0.6) is 0 Å². The second kappa shape index (κ2) is 7.09. The molecule has 0 spiro atoms. The van der Waals surface area contributed by atoms with Gasteiger partial charge >= 0.3 is 0 Å². The van der Waals surface area contributed by atoms with Crippen molar-refractivity contribution in [2.24, 2.45) is 13.0 Å². The highest BCUT2D eigenvalue weighted by Crippen LogP contribution is 2.35. The van der Waals surface area contributed by atoms with Crippen molar-refractivity contribution in [1.82, 2.24) is 20.0 Å². The molecule has 1 unspecified atom stereocenters. The number of amides is 1. The molecule has 2 aliphatic rings. The Morgan fingerprint density at radius 3 is 2.70 bits per heavy atom. The summed E-state index contributed by atoms with van der Waals surface area (Å²) in [6.45, 7) is 6.83. The van der Waals surface area contributed by atoms with Gasteiger partial charge in [0.05, 0.1) is 30.8 Å². The third-order valence-corrected chi connectivity index (χ3v) is 5.84. The van der Waals surface area contributed by atoms with E-state index in [1.165, 1.54) is 0 Å². The van der Waals surface area contributed by atoms with Crippen molar-refractivity contribution in [1.29, 1.82) is 0 Å². The lowest BCUT2D eigenvalue weighted by molar-refractivity contribution is -0.159. The smallest absolute Gasteiger partial charge is 0.228 e. The number of nitrogens with zero attached hydrogens (tertiary/aromatic N) is 3. The Kier molecular flexibility index (Phi) is 4.78. The fraction of sp³-hybridized carbons (Fsp3) is 0.524. The highest BCUT2D eigenvalue weighted by atomic mass is 16.5. The van der Waals surface area contributed by atoms with Crippen LogP contribution in [0.25, 0.3) is 0 Å². The topological polar surface area (TPSA) is 59.4 Å². The van der Waals surface area contributed by atoms with Gasteiger partial charge in [-0.3, -0.25) is 9.48 Å². The van der Waals surface area contributed by atoms with Crippen molar-refractivity contribution in [3.05, 3.63) is 53.9 Å². The molecule has 144 valence electrons. The summed E-state index contributed by atoms with van der Waals surface area (Å²) in [5.74, 6) is 0.311. The second-order valence-corrected chi connectivity index (χ2v) is 8.29. The Labute approximate surface area is 160 Å². The van der Waals surface area contributed by atoms with Gasteiger partial charge in [0.15, 0.2) is 0 Å². The van der Waals surface area contributed by atoms with Crippen molar-refractivity contribution in [3.8, 4) is 0 Å². The summed E-state index contributed by atoms with van der Waals surface area (Å²) >= 11 is 0. The number of carbonyl (C=O) groups excluding carboxylic acids is 1. The van der Waals surface area contributed by atoms with E-state index in [9.17, 15) is 4.79 Å². The van der Waals surface area contributed by atoms with Crippen LogP contribution in [0.2, 0.25) is 0 Å². The van der Waals surface area contributed by atoms with Gasteiger partial charge in [-0.15, -0.1) is 0 Å². The first-order valence-corrected chi connectivity index (χ1v) is 9.63. The molecular weight excluding hydrogens is 340 g/mol. The fourth-order valence-corrected chi connectivity index (χ4v) is 4.23. The molecule has 4 rings (SSSR count). The van der Waals surface area contributed by atoms with Gasteiger partial charge in [-0.1, -0.05) is 30.3 Å². The molecule has 27 heavy (non-hydrogen) atoms. The Bertz CT molecular complexity index is 802. The van der Waals surface area contributed by atoms with Crippen molar-refractivity contribution < 1.29 is 9.53 Å². The van der Waals surface area contributed by atoms with Gasteiger partial charge in [-0.2, -0.15) is 5.10 Å². The van der Waals surface area contributed by atoms with E-state index in [0.717, 1.165) is 17.7 Å². The number of aryl methyl sites for hydroxylation is 1. The molecule has 2 fully saturated rings. The maximum absolute atomic E-state index is 13.6. The van der Waals surface area contributed by atoms with Crippen LogP contribution in [0.3, 0.4) is 0 Å². The molecule has 2 aliphatic heterocycles. The minimum atomic E-state index is -0.315. The van der Waals surface area contributed by atoms with E-state index in [1.807, 2.05) is 42.5 Å². The Morgan fingerprint density at radius 2 is 2.00 bits per heavy atom. The van der Waals surface area contributed by atoms with Crippen LogP contribution in [0, 0.1) is 5.92 Å². The maximum atomic E-state index is 13.6. The zero-order valence-electron chi connectivity index (χ0n) is 16.3. The molecule has 6 nitrogen and oxygen atoms in total. The van der Waals surface area contributed by atoms with Gasteiger partial charge in [0, 0.05) is 32.3 Å². The van der Waals surface area contributed by atoms with E-state index in [0.29, 0.717) is 19.7 Å². The van der Waals surface area contributed by atoms with E-state index in [1.54, 1.807) is 4.68 Å². The largest absolute Gasteiger partial charge is 0.369 e. The molecular formula is C21H28N4O2. The number of nitrogens with one attached hydrogen (secondary N) is 1. The van der Waals surface area contributed by atoms with Gasteiger partial charge in [0.2, 0.25) is 5.91 Å². The summed E-state index contributed by atoms with van der Waals surface area (Å²) in [6, 6.07) is 10.2. The molecule has 1 aromatic carbocycles. The Hall–Kier alpha value is -2.18. The van der Waals surface area contributed by atoms with Crippen LogP contribution in [0.15, 0.2) is 42.7 Å². The molecule has 1 N–H and O–H groups in total. The lowest BCUT2D eigenvalue weighted by atomic mass is 9.87. The SMILES string of the molecule is Cn1cc([C@H]2CNC[C@@H]2C(=O)N2CC(c3ccccc3)OCC2(C)C)cn1. The zero-order chi connectivity index (χ0) is 19.0. The number of ether oxygens (including phenoxy) is 1. The van der Waals surface area contributed by atoms with E-state index < -0.39 is 0 Å². The highest BCUT2D eigenvalue weighted by molar-refractivity contribution is 5.81. The fourth-order valence-electron chi connectivity index (χ4n) is 4.23. The molecule has 0 aliphatic carbocycles. The van der Waals surface area contributed by atoms with Crippen LogP contribution >= 0.6 is 0 Å². The second-order valence-electron chi connectivity index (χ2n) is 8.29. The van der Waals surface area contributed by atoms with Crippen LogP contribution in [0.4, 0.5) is 0 Å². The van der Waals surface area contributed by atoms with E-state index in [4.69, 9.17) is 4.74 Å². The Morgan fingerprint density at radius 1 is 1.22 bits per heavy atom. The molecule has 3 atom stereocenters. The molecule has 0 bridgehead atoms. The van der Waals surface area contributed by atoms with Gasteiger partial charge < -0.3 is 15.0 Å². The minimum absolute atomic E-state index is 0.0667. The monoisotopic (exact) mass is 368 g/mol. The third kappa shape index (κ3) is 3.51. The molecule has 0 radical (unpaired) electrons. The summed E-state index contributed by atoms with van der Waals surface area (Å²) in [6.07, 6.45) is 3.83. The van der Waals surface area contributed by atoms with Crippen LogP contribution in [-0.4, -0.2) is 52.4 Å². The average molecular weight is 368 g/mol. The van der Waals surface area contributed by atoms with Crippen molar-refractivity contribution in [3.63, 3.8) is 0 Å². The van der Waals surface area contributed by atoms with E-state index in [2.05, 4.69) is 36.4 Å². The number of morpholine rings is 1. The lowest BCUT2D eigenvalue weighted by Crippen LogP contribution is -2.58. The van der Waals surface area contributed by atoms with Gasteiger partial charge in [-0.25, -0.2) is 0 Å². The van der Waals surface area contributed by atoms with Crippen molar-refractivity contribution in [2.45, 2.75) is 31.4 Å². The molecule has 3 heterocycles. The van der Waals surface area contributed by atoms with Crippen molar-refractivity contribution in [2.75, 3.05) is 26.2 Å². The summed E-state index contributed by atoms with van der Waals surface area (Å²) in [7, 11) is 1.91. The molecule has 1 amide bonds. The molecule has 0 saturated carbocycles. The first-order chi connectivity index (χ1) is 13.0. The maximum Gasteiger partial charge on any atom is 0.228 e. The van der Waals surface area contributed by atoms with Crippen molar-refractivity contribution >= 4 is 5.91 Å². The number of benzene rings is 1. The van der Waals surface area contributed by atoms with E-state index in [-0.39, 0.29) is 29.4 Å². The molecule has 2 aromatic rings.